The van der Waals surface area contributed by atoms with Crippen LogP contribution in [0.2, 0.25) is 0 Å². The van der Waals surface area contributed by atoms with E-state index in [1.54, 1.807) is 62.6 Å². The summed E-state index contributed by atoms with van der Waals surface area (Å²) >= 11 is 6.71. The summed E-state index contributed by atoms with van der Waals surface area (Å²) in [6.07, 6.45) is 1.67. The first-order chi connectivity index (χ1) is 12.3. The molecule has 0 aromatic heterocycles. The average Bonchev–Trinajstić information content (AvgIpc) is 2.60. The topological polar surface area (TPSA) is 66.5 Å². The molecule has 8 heteroatoms. The molecule has 1 N–H and O–H groups in total. The molecule has 0 aliphatic heterocycles. The summed E-state index contributed by atoms with van der Waals surface area (Å²) in [6.45, 7) is 0. The highest BCUT2D eigenvalue weighted by Crippen LogP contribution is 2.25. The first-order valence-electron chi connectivity index (χ1n) is 7.99. The number of alkyl halides is 1. The third-order valence-corrected chi connectivity index (χ3v) is 6.18. The standard InChI is InChI=1S/C18H21ClN2O3S2/c1-21(2)18(22)25-16-7-3-6-15(13-16)20-26(23,24)17-10-8-14(9-11-17)5-4-12-19/h3,6-11,13,20H,4-5,12H2,1-2H3. The number of anilines is 1. The summed E-state index contributed by atoms with van der Waals surface area (Å²) < 4.78 is 27.7. The van der Waals surface area contributed by atoms with Crippen LogP contribution in [0.4, 0.5) is 10.5 Å². The molecule has 0 heterocycles. The number of thioether (sulfide) groups is 1. The Balaban J connectivity index is 2.12. The van der Waals surface area contributed by atoms with Gasteiger partial charge in [-0.05, 0) is 60.5 Å². The monoisotopic (exact) mass is 412 g/mol. The number of rotatable bonds is 7. The first kappa shape index (κ1) is 20.6. The third kappa shape index (κ3) is 5.93. The predicted molar refractivity (Wildman–Crippen MR) is 108 cm³/mol. The van der Waals surface area contributed by atoms with Gasteiger partial charge in [-0.2, -0.15) is 0 Å². The molecule has 0 unspecified atom stereocenters. The summed E-state index contributed by atoms with van der Waals surface area (Å²) in [6, 6.07) is 13.5. The third-order valence-electron chi connectivity index (χ3n) is 3.49. The minimum absolute atomic E-state index is 0.127. The van der Waals surface area contributed by atoms with Gasteiger partial charge in [0.1, 0.15) is 0 Å². The van der Waals surface area contributed by atoms with Crippen molar-refractivity contribution in [2.24, 2.45) is 0 Å². The maximum atomic E-state index is 12.6. The van der Waals surface area contributed by atoms with Gasteiger partial charge in [-0.15, -0.1) is 11.6 Å². The van der Waals surface area contributed by atoms with E-state index in [0.717, 1.165) is 30.2 Å². The Morgan fingerprint density at radius 1 is 1.15 bits per heavy atom. The van der Waals surface area contributed by atoms with Crippen molar-refractivity contribution in [3.63, 3.8) is 0 Å². The van der Waals surface area contributed by atoms with Crippen LogP contribution in [0.1, 0.15) is 12.0 Å². The van der Waals surface area contributed by atoms with Gasteiger partial charge in [-0.3, -0.25) is 9.52 Å². The summed E-state index contributed by atoms with van der Waals surface area (Å²) in [4.78, 5) is 14.1. The minimum atomic E-state index is -3.69. The Morgan fingerprint density at radius 2 is 1.85 bits per heavy atom. The molecule has 0 aliphatic carbocycles. The van der Waals surface area contributed by atoms with Crippen molar-refractivity contribution in [1.82, 2.24) is 4.90 Å². The second kappa shape index (κ2) is 9.30. The van der Waals surface area contributed by atoms with Gasteiger partial charge in [0.15, 0.2) is 0 Å². The quantitative estimate of drug-likeness (QED) is 0.539. The van der Waals surface area contributed by atoms with Crippen molar-refractivity contribution < 1.29 is 13.2 Å². The number of carbonyl (C=O) groups excluding carboxylic acids is 1. The average molecular weight is 413 g/mol. The smallest absolute Gasteiger partial charge is 0.285 e. The molecule has 0 spiro atoms. The molecule has 0 saturated carbocycles. The molecule has 0 radical (unpaired) electrons. The van der Waals surface area contributed by atoms with Gasteiger partial charge in [0.2, 0.25) is 0 Å². The summed E-state index contributed by atoms with van der Waals surface area (Å²) in [5.41, 5.74) is 1.46. The van der Waals surface area contributed by atoms with Crippen LogP contribution in [-0.4, -0.2) is 38.5 Å². The first-order valence-corrected chi connectivity index (χ1v) is 10.8. The van der Waals surface area contributed by atoms with E-state index in [4.69, 9.17) is 11.6 Å². The Morgan fingerprint density at radius 3 is 2.46 bits per heavy atom. The number of aryl methyl sites for hydroxylation is 1. The molecule has 1 amide bonds. The minimum Gasteiger partial charge on any atom is -0.339 e. The Hall–Kier alpha value is -1.70. The normalized spacial score (nSPS) is 11.2. The second-order valence-corrected chi connectivity index (χ2v) is 8.92. The molecule has 140 valence electrons. The molecule has 5 nitrogen and oxygen atoms in total. The molecule has 2 aromatic rings. The van der Waals surface area contributed by atoms with Crippen molar-refractivity contribution in [2.75, 3.05) is 24.7 Å². The molecule has 2 aromatic carbocycles. The molecule has 26 heavy (non-hydrogen) atoms. The van der Waals surface area contributed by atoms with E-state index in [0.29, 0.717) is 16.5 Å². The molecule has 0 bridgehead atoms. The number of hydrogen-bond donors (Lipinski definition) is 1. The van der Waals surface area contributed by atoms with E-state index >= 15 is 0 Å². The number of sulfonamides is 1. The van der Waals surface area contributed by atoms with Gasteiger partial charge in [0.25, 0.3) is 15.3 Å². The molecular weight excluding hydrogens is 392 g/mol. The van der Waals surface area contributed by atoms with Crippen molar-refractivity contribution >= 4 is 44.3 Å². The van der Waals surface area contributed by atoms with Crippen molar-refractivity contribution in [2.45, 2.75) is 22.6 Å². The predicted octanol–water partition coefficient (Wildman–Crippen LogP) is 4.43. The number of carbonyl (C=O) groups is 1. The number of halogens is 1. The van der Waals surface area contributed by atoms with Crippen molar-refractivity contribution in [3.8, 4) is 0 Å². The molecule has 0 fully saturated rings. The van der Waals surface area contributed by atoms with Crippen LogP contribution in [-0.2, 0) is 16.4 Å². The Labute approximate surface area is 163 Å². The number of benzene rings is 2. The highest BCUT2D eigenvalue weighted by molar-refractivity contribution is 8.13. The SMILES string of the molecule is CN(C)C(=O)Sc1cccc(NS(=O)(=O)c2ccc(CCCCl)cc2)c1. The fourth-order valence-corrected chi connectivity index (χ4v) is 4.04. The zero-order valence-electron chi connectivity index (χ0n) is 14.6. The lowest BCUT2D eigenvalue weighted by atomic mass is 10.1. The highest BCUT2D eigenvalue weighted by atomic mass is 35.5. The highest BCUT2D eigenvalue weighted by Gasteiger charge is 2.15. The lowest BCUT2D eigenvalue weighted by Gasteiger charge is -2.11. The van der Waals surface area contributed by atoms with Crippen LogP contribution in [0, 0.1) is 0 Å². The molecule has 0 saturated heterocycles. The van der Waals surface area contributed by atoms with Gasteiger partial charge in [0.05, 0.1) is 4.90 Å². The van der Waals surface area contributed by atoms with Crippen LogP contribution >= 0.6 is 23.4 Å². The lowest BCUT2D eigenvalue weighted by Crippen LogP contribution is -2.16. The van der Waals surface area contributed by atoms with Crippen LogP contribution in [0.15, 0.2) is 58.3 Å². The van der Waals surface area contributed by atoms with Gasteiger partial charge < -0.3 is 4.90 Å². The van der Waals surface area contributed by atoms with Crippen LogP contribution in [0.3, 0.4) is 0 Å². The van der Waals surface area contributed by atoms with E-state index in [9.17, 15) is 13.2 Å². The fraction of sp³-hybridized carbons (Fsp3) is 0.278. The van der Waals surface area contributed by atoms with E-state index in [2.05, 4.69) is 4.72 Å². The maximum absolute atomic E-state index is 12.6. The molecular formula is C18H21ClN2O3S2. The van der Waals surface area contributed by atoms with Crippen molar-refractivity contribution in [3.05, 3.63) is 54.1 Å². The zero-order chi connectivity index (χ0) is 19.2. The number of nitrogens with one attached hydrogen (secondary N) is 1. The Bertz CT molecular complexity index is 853. The van der Waals surface area contributed by atoms with E-state index < -0.39 is 10.0 Å². The molecule has 0 aliphatic rings. The van der Waals surface area contributed by atoms with Crippen LogP contribution < -0.4 is 4.72 Å². The molecule has 2 rings (SSSR count). The van der Waals surface area contributed by atoms with Crippen LogP contribution in [0.5, 0.6) is 0 Å². The number of nitrogens with zero attached hydrogens (tertiary/aromatic N) is 1. The van der Waals surface area contributed by atoms with Gasteiger partial charge in [0, 0.05) is 30.6 Å². The number of hydrogen-bond acceptors (Lipinski definition) is 4. The maximum Gasteiger partial charge on any atom is 0.285 e. The summed E-state index contributed by atoms with van der Waals surface area (Å²) in [5.74, 6) is 0.576. The van der Waals surface area contributed by atoms with Crippen LogP contribution in [0.25, 0.3) is 0 Å². The molecule has 0 atom stereocenters. The summed E-state index contributed by atoms with van der Waals surface area (Å²) in [7, 11) is -0.362. The van der Waals surface area contributed by atoms with Gasteiger partial charge in [-0.25, -0.2) is 8.42 Å². The fourth-order valence-electron chi connectivity index (χ4n) is 2.14. The van der Waals surface area contributed by atoms with Gasteiger partial charge >= 0.3 is 0 Å². The lowest BCUT2D eigenvalue weighted by molar-refractivity contribution is 0.241. The van der Waals surface area contributed by atoms with E-state index in [1.165, 1.54) is 4.90 Å². The second-order valence-electron chi connectivity index (χ2n) is 5.83. The van der Waals surface area contributed by atoms with E-state index in [1.807, 2.05) is 0 Å². The largest absolute Gasteiger partial charge is 0.339 e. The summed E-state index contributed by atoms with van der Waals surface area (Å²) in [5, 5.41) is -0.127. The zero-order valence-corrected chi connectivity index (χ0v) is 17.0. The van der Waals surface area contributed by atoms with Gasteiger partial charge in [-0.1, -0.05) is 18.2 Å². The number of amides is 1. The Kier molecular flexibility index (Phi) is 7.37. The van der Waals surface area contributed by atoms with Crippen molar-refractivity contribution in [1.29, 1.82) is 0 Å². The van der Waals surface area contributed by atoms with E-state index in [-0.39, 0.29) is 10.1 Å².